The van der Waals surface area contributed by atoms with Gasteiger partial charge in [-0.3, -0.25) is 0 Å². The molecule has 0 spiro atoms. The molecule has 78 heavy (non-hydrogen) atoms. The van der Waals surface area contributed by atoms with Crippen LogP contribution < -0.4 is 14.5 Å². The fraction of sp³-hybridized carbons (Fsp3) is 0.250. The topological polar surface area (TPSA) is 33.5 Å². The monoisotopic (exact) mass is 1200 g/mol. The molecule has 0 amide bonds. The van der Waals surface area contributed by atoms with Crippen molar-refractivity contribution in [2.75, 3.05) is 9.80 Å². The zero-order valence-electron chi connectivity index (χ0n) is 47.5. The van der Waals surface area contributed by atoms with Gasteiger partial charge in [-0.2, -0.15) is 6.07 Å². The summed E-state index contributed by atoms with van der Waals surface area (Å²) in [5.74, 6) is 2.06. The van der Waals surface area contributed by atoms with Gasteiger partial charge in [0.1, 0.15) is 5.82 Å². The van der Waals surface area contributed by atoms with Gasteiger partial charge in [0.05, 0.1) is 0 Å². The Labute approximate surface area is 478 Å². The van der Waals surface area contributed by atoms with Crippen LogP contribution in [0.1, 0.15) is 129 Å². The molecular formula is C72H71N4OPt-3. The number of anilines is 4. The Hall–Kier alpha value is -7.20. The first-order valence-electron chi connectivity index (χ1n) is 27.2. The number of rotatable bonds is 10. The standard InChI is InChI=1S/C72H71N4O.Pt/c1-68(2,3)52-29-33-63-62(42-52)61-32-31-59(46-65(61)76(63)67-44-53(35-36-73-67)69(4,5)6)77-60-41-55(70(7,8)9)39-58(45-60)75-47-74(64-34-30-54(43-66(64)75)71(10,11)50-25-19-15-20-26-50)57-38-49(48-23-17-14-18-24-48)37-56(40-57)72(12,13)51-27-21-16-22-28-51;/h14-44,47H,1-13H3;/q-3;. The molecule has 0 aliphatic carbocycles. The van der Waals surface area contributed by atoms with Crippen molar-refractivity contribution in [3.05, 3.63) is 246 Å². The minimum Gasteiger partial charge on any atom is -0.509 e. The molecule has 11 rings (SSSR count). The van der Waals surface area contributed by atoms with Crippen molar-refractivity contribution in [3.63, 3.8) is 0 Å². The van der Waals surface area contributed by atoms with Gasteiger partial charge >= 0.3 is 0 Å². The molecule has 2 aromatic heterocycles. The van der Waals surface area contributed by atoms with E-state index in [1.165, 1.54) is 38.9 Å². The first-order valence-corrected chi connectivity index (χ1v) is 27.2. The van der Waals surface area contributed by atoms with E-state index in [2.05, 4.69) is 305 Å². The van der Waals surface area contributed by atoms with Crippen molar-refractivity contribution in [1.82, 2.24) is 9.55 Å². The predicted molar refractivity (Wildman–Crippen MR) is 323 cm³/mol. The molecule has 1 aliphatic heterocycles. The van der Waals surface area contributed by atoms with Gasteiger partial charge in [0.2, 0.25) is 0 Å². The molecule has 0 N–H and O–H groups in total. The summed E-state index contributed by atoms with van der Waals surface area (Å²) < 4.78 is 9.31. The van der Waals surface area contributed by atoms with Gasteiger partial charge in [0.15, 0.2) is 0 Å². The Morgan fingerprint density at radius 2 is 1.03 bits per heavy atom. The third-order valence-electron chi connectivity index (χ3n) is 16.0. The van der Waals surface area contributed by atoms with Gasteiger partial charge in [-0.1, -0.05) is 211 Å². The second-order valence-electron chi connectivity index (χ2n) is 25.2. The molecular weight excluding hydrogens is 1130 g/mol. The minimum atomic E-state index is -0.287. The van der Waals surface area contributed by atoms with E-state index in [9.17, 15) is 0 Å². The van der Waals surface area contributed by atoms with Crippen molar-refractivity contribution in [1.29, 1.82) is 0 Å². The van der Waals surface area contributed by atoms with Gasteiger partial charge < -0.3 is 19.1 Å². The minimum absolute atomic E-state index is 0. The normalized spacial score (nSPS) is 13.2. The second kappa shape index (κ2) is 20.2. The van der Waals surface area contributed by atoms with E-state index in [4.69, 9.17) is 9.72 Å². The van der Waals surface area contributed by atoms with Crippen LogP contribution in [0.4, 0.5) is 22.7 Å². The number of fused-ring (bicyclic) bond motifs is 4. The van der Waals surface area contributed by atoms with Gasteiger partial charge in [0.25, 0.3) is 0 Å². The molecule has 6 heteroatoms. The molecule has 8 aromatic carbocycles. The maximum absolute atomic E-state index is 7.06. The third kappa shape index (κ3) is 10.2. The molecule has 0 saturated carbocycles. The average molecular weight is 1200 g/mol. The van der Waals surface area contributed by atoms with Crippen LogP contribution in [-0.2, 0) is 48.1 Å². The molecule has 5 nitrogen and oxygen atoms in total. The molecule has 0 unspecified atom stereocenters. The number of nitrogens with zero attached hydrogens (tertiary/aromatic N) is 4. The van der Waals surface area contributed by atoms with E-state index in [0.29, 0.717) is 11.5 Å². The zero-order chi connectivity index (χ0) is 54.2. The fourth-order valence-electron chi connectivity index (χ4n) is 10.9. The molecule has 3 heterocycles. The van der Waals surface area contributed by atoms with Gasteiger partial charge in [-0.15, -0.1) is 53.6 Å². The number of pyridine rings is 1. The van der Waals surface area contributed by atoms with Crippen LogP contribution in [0.5, 0.6) is 11.5 Å². The van der Waals surface area contributed by atoms with E-state index in [-0.39, 0.29) is 48.1 Å². The largest absolute Gasteiger partial charge is 0.509 e. The first kappa shape index (κ1) is 54.2. The second-order valence-corrected chi connectivity index (χ2v) is 25.2. The summed E-state index contributed by atoms with van der Waals surface area (Å²) in [6.45, 7) is 31.9. The summed E-state index contributed by atoms with van der Waals surface area (Å²) in [4.78, 5) is 9.66. The van der Waals surface area contributed by atoms with Crippen LogP contribution in [0.2, 0.25) is 0 Å². The number of benzene rings is 8. The maximum atomic E-state index is 7.06. The van der Waals surface area contributed by atoms with Crippen molar-refractivity contribution < 1.29 is 25.8 Å². The van der Waals surface area contributed by atoms with E-state index < -0.39 is 0 Å². The molecule has 0 saturated heterocycles. The molecule has 0 atom stereocenters. The van der Waals surface area contributed by atoms with Crippen LogP contribution in [0, 0.1) is 18.8 Å². The number of aromatic nitrogens is 2. The average Bonchev–Trinajstić information content (AvgIpc) is 3.99. The summed E-state index contributed by atoms with van der Waals surface area (Å²) >= 11 is 0. The summed E-state index contributed by atoms with van der Waals surface area (Å²) in [7, 11) is 0. The van der Waals surface area contributed by atoms with Gasteiger partial charge in [0, 0.05) is 72.2 Å². The van der Waals surface area contributed by atoms with Crippen LogP contribution in [-0.4, -0.2) is 9.55 Å². The van der Waals surface area contributed by atoms with E-state index in [1.54, 1.807) is 0 Å². The summed E-state index contributed by atoms with van der Waals surface area (Å²) in [6.07, 6.45) is 1.93. The van der Waals surface area contributed by atoms with Crippen molar-refractivity contribution in [2.24, 2.45) is 0 Å². The van der Waals surface area contributed by atoms with E-state index in [1.807, 2.05) is 6.20 Å². The molecule has 10 aromatic rings. The Morgan fingerprint density at radius 3 is 1.67 bits per heavy atom. The zero-order valence-corrected chi connectivity index (χ0v) is 49.8. The number of ether oxygens (including phenoxy) is 1. The van der Waals surface area contributed by atoms with E-state index in [0.717, 1.165) is 61.5 Å². The summed E-state index contributed by atoms with van der Waals surface area (Å²) in [6, 6.07) is 73.9. The van der Waals surface area contributed by atoms with Crippen LogP contribution in [0.15, 0.2) is 188 Å². The SMILES string of the molecule is CC(C)(C)c1cc(Oc2[c-]c3c(cc2)c2cc(C(C)(C)C)ccc2n3-c2cc(C(C)(C)C)ccn2)[c-]c(N2[CH-]N(c3cc(-c4ccccc4)cc(C(C)(C)c4ccccc4)c3)c3ccc(C(C)(C)c4ccccc4)cc32)c1.[Pt]. The number of hydrogen-bond donors (Lipinski definition) is 0. The van der Waals surface area contributed by atoms with Crippen LogP contribution in [0.25, 0.3) is 38.8 Å². The fourth-order valence-corrected chi connectivity index (χ4v) is 10.9. The quantitative estimate of drug-likeness (QED) is 0.128. The molecule has 398 valence electrons. The van der Waals surface area contributed by atoms with Gasteiger partial charge in [-0.25, -0.2) is 4.98 Å². The molecule has 1 aliphatic rings. The Bertz CT molecular complexity index is 3820. The Balaban J connectivity index is 0.00000688. The molecule has 0 bridgehead atoms. The Morgan fingerprint density at radius 1 is 0.423 bits per heavy atom. The van der Waals surface area contributed by atoms with Crippen molar-refractivity contribution >= 4 is 44.6 Å². The molecule has 0 radical (unpaired) electrons. The predicted octanol–water partition coefficient (Wildman–Crippen LogP) is 19.2. The smallest absolute Gasteiger partial charge is 0.135 e. The van der Waals surface area contributed by atoms with Crippen molar-refractivity contribution in [3.8, 4) is 28.4 Å². The van der Waals surface area contributed by atoms with Crippen molar-refractivity contribution in [2.45, 2.75) is 117 Å². The van der Waals surface area contributed by atoms with Gasteiger partial charge in [-0.05, 0) is 109 Å². The van der Waals surface area contributed by atoms with Crippen LogP contribution >= 0.6 is 0 Å². The van der Waals surface area contributed by atoms with Crippen LogP contribution in [0.3, 0.4) is 0 Å². The third-order valence-corrected chi connectivity index (χ3v) is 16.0. The maximum Gasteiger partial charge on any atom is 0.135 e. The van der Waals surface area contributed by atoms with E-state index >= 15 is 0 Å². The summed E-state index contributed by atoms with van der Waals surface area (Å²) in [5, 5.41) is 2.26. The first-order chi connectivity index (χ1) is 36.5. The molecule has 0 fully saturated rings. The Kier molecular flexibility index (Phi) is 14.0. The summed E-state index contributed by atoms with van der Waals surface area (Å²) in [5.41, 5.74) is 16.1. The number of hydrogen-bond acceptors (Lipinski definition) is 4.